The molecule has 0 atom stereocenters. The third kappa shape index (κ3) is 11.6. The van der Waals surface area contributed by atoms with Crippen molar-refractivity contribution >= 4 is 28.3 Å². The molecule has 0 aliphatic rings. The van der Waals surface area contributed by atoms with Gasteiger partial charge >= 0.3 is 16.4 Å². The molecule has 0 spiro atoms. The number of nitrogens with zero attached hydrogens (tertiary/aromatic N) is 1. The fraction of sp³-hybridized carbons (Fsp3) is 0.300. The summed E-state index contributed by atoms with van der Waals surface area (Å²) in [6.07, 6.45) is 3.52. The topological polar surface area (TPSA) is 155 Å². The van der Waals surface area contributed by atoms with E-state index in [1.807, 2.05) is 25.1 Å². The van der Waals surface area contributed by atoms with E-state index in [2.05, 4.69) is 17.5 Å². The van der Waals surface area contributed by atoms with Crippen molar-refractivity contribution in [3.05, 3.63) is 53.6 Å². The molecule has 0 unspecified atom stereocenters. The van der Waals surface area contributed by atoms with Gasteiger partial charge in [-0.15, -0.1) is 0 Å². The van der Waals surface area contributed by atoms with Crippen molar-refractivity contribution in [1.82, 2.24) is 0 Å². The van der Waals surface area contributed by atoms with E-state index in [-0.39, 0.29) is 5.56 Å². The van der Waals surface area contributed by atoms with Crippen LogP contribution in [0.1, 0.15) is 42.6 Å². The lowest BCUT2D eigenvalue weighted by Crippen LogP contribution is -2.01. The second kappa shape index (κ2) is 13.2. The number of aromatic carboxylic acids is 1. The van der Waals surface area contributed by atoms with E-state index in [0.29, 0.717) is 24.7 Å². The minimum atomic E-state index is -4.67. The highest BCUT2D eigenvalue weighted by atomic mass is 32.3. The number of benzene rings is 2. The van der Waals surface area contributed by atoms with Gasteiger partial charge in [-0.05, 0) is 49.2 Å². The van der Waals surface area contributed by atoms with Crippen LogP contribution in [0.3, 0.4) is 0 Å². The van der Waals surface area contributed by atoms with Crippen LogP contribution in [0.15, 0.2) is 47.6 Å². The van der Waals surface area contributed by atoms with Gasteiger partial charge in [0.25, 0.3) is 0 Å². The second-order valence-corrected chi connectivity index (χ2v) is 6.99. The smallest absolute Gasteiger partial charge is 0.394 e. The quantitative estimate of drug-likeness (QED) is 0.238. The molecular weight excluding hydrogens is 428 g/mol. The average Bonchev–Trinajstić information content (AvgIpc) is 2.71. The van der Waals surface area contributed by atoms with Crippen LogP contribution in [0.2, 0.25) is 0 Å². The van der Waals surface area contributed by atoms with Gasteiger partial charge in [0.05, 0.1) is 30.7 Å². The first-order chi connectivity index (χ1) is 14.6. The zero-order chi connectivity index (χ0) is 23.3. The van der Waals surface area contributed by atoms with Gasteiger partial charge in [-0.2, -0.15) is 13.5 Å². The molecule has 2 rings (SSSR count). The Kier molecular flexibility index (Phi) is 11.0. The molecule has 0 radical (unpaired) electrons. The lowest BCUT2D eigenvalue weighted by Gasteiger charge is -2.11. The summed E-state index contributed by atoms with van der Waals surface area (Å²) in [6, 6.07) is 12.0. The van der Waals surface area contributed by atoms with Crippen molar-refractivity contribution in [2.24, 2.45) is 5.10 Å². The first kappa shape index (κ1) is 25.9. The van der Waals surface area contributed by atoms with Crippen LogP contribution in [0.4, 0.5) is 5.69 Å². The van der Waals surface area contributed by atoms with Crippen molar-refractivity contribution < 1.29 is 36.9 Å². The molecule has 2 aromatic rings. The van der Waals surface area contributed by atoms with Gasteiger partial charge in [-0.25, -0.2) is 4.79 Å². The monoisotopic (exact) mass is 454 g/mol. The van der Waals surface area contributed by atoms with Crippen molar-refractivity contribution in [2.75, 3.05) is 18.6 Å². The van der Waals surface area contributed by atoms with E-state index >= 15 is 0 Å². The van der Waals surface area contributed by atoms with E-state index in [1.165, 1.54) is 12.1 Å². The normalized spacial score (nSPS) is 10.8. The number of carbonyl (C=O) groups is 1. The summed E-state index contributed by atoms with van der Waals surface area (Å²) >= 11 is 0. The maximum atomic E-state index is 10.9. The van der Waals surface area contributed by atoms with E-state index in [4.69, 9.17) is 32.1 Å². The van der Waals surface area contributed by atoms with Gasteiger partial charge in [-0.1, -0.05) is 13.8 Å². The predicted molar refractivity (Wildman–Crippen MR) is 117 cm³/mol. The summed E-state index contributed by atoms with van der Waals surface area (Å²) in [5.41, 5.74) is 4.64. The lowest BCUT2D eigenvalue weighted by atomic mass is 10.2. The number of hydrogen-bond acceptors (Lipinski definition) is 7. The zero-order valence-electron chi connectivity index (χ0n) is 17.2. The number of hydrogen-bond donors (Lipinski definition) is 4. The summed E-state index contributed by atoms with van der Waals surface area (Å²) in [7, 11) is -4.67. The molecule has 170 valence electrons. The van der Waals surface area contributed by atoms with Crippen molar-refractivity contribution in [3.8, 4) is 11.5 Å². The Bertz CT molecular complexity index is 952. The van der Waals surface area contributed by atoms with Gasteiger partial charge in [0.1, 0.15) is 11.5 Å². The SMILES string of the molecule is CCCOc1ccc(C=NNc2ccc(C(=O)O)cc2)c(OCCC)c1.O=S(=O)(O)O. The molecule has 0 heterocycles. The van der Waals surface area contributed by atoms with Gasteiger partial charge in [0.2, 0.25) is 0 Å². The maximum Gasteiger partial charge on any atom is 0.394 e. The molecule has 2 aromatic carbocycles. The molecule has 10 nitrogen and oxygen atoms in total. The molecule has 0 fully saturated rings. The van der Waals surface area contributed by atoms with E-state index < -0.39 is 16.4 Å². The zero-order valence-corrected chi connectivity index (χ0v) is 18.0. The number of rotatable bonds is 10. The van der Waals surface area contributed by atoms with E-state index in [1.54, 1.807) is 18.3 Å². The number of carboxylic acid groups (broad SMARTS) is 1. The maximum absolute atomic E-state index is 10.9. The molecule has 0 amide bonds. The summed E-state index contributed by atoms with van der Waals surface area (Å²) < 4.78 is 43.0. The molecule has 0 saturated carbocycles. The van der Waals surface area contributed by atoms with Gasteiger partial charge in [0.15, 0.2) is 0 Å². The van der Waals surface area contributed by atoms with Crippen molar-refractivity contribution in [1.29, 1.82) is 0 Å². The molecule has 11 heteroatoms. The molecule has 0 bridgehead atoms. The number of nitrogens with one attached hydrogen (secondary N) is 1. The van der Waals surface area contributed by atoms with Crippen LogP contribution in [-0.4, -0.2) is 48.0 Å². The highest BCUT2D eigenvalue weighted by molar-refractivity contribution is 7.79. The van der Waals surface area contributed by atoms with Gasteiger partial charge in [-0.3, -0.25) is 14.5 Å². The van der Waals surface area contributed by atoms with Crippen molar-refractivity contribution in [3.63, 3.8) is 0 Å². The van der Waals surface area contributed by atoms with Crippen LogP contribution in [0.5, 0.6) is 11.5 Å². The van der Waals surface area contributed by atoms with Gasteiger partial charge < -0.3 is 14.6 Å². The van der Waals surface area contributed by atoms with E-state index in [9.17, 15) is 4.79 Å². The van der Waals surface area contributed by atoms with E-state index in [0.717, 1.165) is 24.2 Å². The minimum Gasteiger partial charge on any atom is -0.493 e. The van der Waals surface area contributed by atoms with Crippen molar-refractivity contribution in [2.45, 2.75) is 26.7 Å². The van der Waals surface area contributed by atoms with Crippen LogP contribution >= 0.6 is 0 Å². The first-order valence-corrected chi connectivity index (χ1v) is 10.8. The first-order valence-electron chi connectivity index (χ1n) is 9.36. The standard InChI is InChI=1S/C20H24N2O4.H2O4S/c1-3-11-25-18-10-7-16(19(13-18)26-12-4-2)14-21-22-17-8-5-15(6-9-17)20(23)24;1-5(2,3)4/h5-10,13-14,22H,3-4,11-12H2,1-2H3,(H,23,24);(H2,1,2,3,4). The Hall–Kier alpha value is -3.15. The summed E-state index contributed by atoms with van der Waals surface area (Å²) in [4.78, 5) is 10.9. The Labute approximate surface area is 181 Å². The van der Waals surface area contributed by atoms with Crippen LogP contribution in [-0.2, 0) is 10.4 Å². The fourth-order valence-electron chi connectivity index (χ4n) is 2.13. The second-order valence-electron chi connectivity index (χ2n) is 6.10. The molecular formula is C20H26N2O8S. The lowest BCUT2D eigenvalue weighted by molar-refractivity contribution is 0.0697. The Morgan fingerprint density at radius 1 is 1.03 bits per heavy atom. The molecule has 31 heavy (non-hydrogen) atoms. The third-order valence-electron chi connectivity index (χ3n) is 3.45. The predicted octanol–water partition coefficient (Wildman–Crippen LogP) is 3.76. The number of hydrazone groups is 1. The number of anilines is 1. The minimum absolute atomic E-state index is 0.234. The van der Waals surface area contributed by atoms with Crippen LogP contribution in [0, 0.1) is 0 Å². The number of ether oxygens (including phenoxy) is 2. The molecule has 4 N–H and O–H groups in total. The average molecular weight is 455 g/mol. The molecule has 0 aliphatic heterocycles. The Morgan fingerprint density at radius 3 is 2.16 bits per heavy atom. The third-order valence-corrected chi connectivity index (χ3v) is 3.45. The number of carboxylic acids is 1. The Balaban J connectivity index is 0.000000861. The Morgan fingerprint density at radius 2 is 1.61 bits per heavy atom. The van der Waals surface area contributed by atoms with Crippen LogP contribution in [0.25, 0.3) is 0 Å². The largest absolute Gasteiger partial charge is 0.493 e. The summed E-state index contributed by atoms with van der Waals surface area (Å²) in [5.74, 6) is 0.530. The summed E-state index contributed by atoms with van der Waals surface area (Å²) in [5, 5.41) is 13.1. The summed E-state index contributed by atoms with van der Waals surface area (Å²) in [6.45, 7) is 5.38. The fourth-order valence-corrected chi connectivity index (χ4v) is 2.13. The molecule has 0 aromatic heterocycles. The molecule has 0 saturated heterocycles. The molecule has 0 aliphatic carbocycles. The van der Waals surface area contributed by atoms with Crippen LogP contribution < -0.4 is 14.9 Å². The highest BCUT2D eigenvalue weighted by Gasteiger charge is 2.05. The van der Waals surface area contributed by atoms with Gasteiger partial charge in [0, 0.05) is 11.6 Å². The highest BCUT2D eigenvalue weighted by Crippen LogP contribution is 2.24.